The van der Waals surface area contributed by atoms with Crippen molar-refractivity contribution in [2.24, 2.45) is 5.92 Å². The summed E-state index contributed by atoms with van der Waals surface area (Å²) >= 11 is 0. The van der Waals surface area contributed by atoms with Crippen molar-refractivity contribution in [1.29, 1.82) is 0 Å². The van der Waals surface area contributed by atoms with Gasteiger partial charge in [0.2, 0.25) is 5.82 Å². The van der Waals surface area contributed by atoms with Gasteiger partial charge in [-0.25, -0.2) is 28.6 Å². The average molecular weight is 867 g/mol. The monoisotopic (exact) mass is 866 g/mol. The highest BCUT2D eigenvalue weighted by Gasteiger charge is 2.55. The van der Waals surface area contributed by atoms with Crippen LogP contribution in [-0.4, -0.2) is 124 Å². The molecule has 3 aromatic rings. The molecule has 1 atom stereocenters. The number of carbonyl (C=O) groups excluding carboxylic acids is 3. The first kappa shape index (κ1) is 44.4. The number of amides is 4. The molecule has 1 saturated heterocycles. The molecule has 2 saturated carbocycles. The third kappa shape index (κ3) is 8.45. The lowest BCUT2D eigenvalue weighted by molar-refractivity contribution is -0.172. The Bertz CT molecular complexity index is 2270. The van der Waals surface area contributed by atoms with Crippen LogP contribution in [0, 0.1) is 17.6 Å². The van der Waals surface area contributed by atoms with E-state index in [1.165, 1.54) is 54.2 Å². The molecule has 0 radical (unpaired) electrons. The van der Waals surface area contributed by atoms with E-state index >= 15 is 22.0 Å². The van der Waals surface area contributed by atoms with Crippen LogP contribution in [0.25, 0.3) is 11.3 Å². The highest BCUT2D eigenvalue weighted by atomic mass is 19.3. The van der Waals surface area contributed by atoms with E-state index in [0.717, 1.165) is 23.5 Å². The molecule has 4 amide bonds. The van der Waals surface area contributed by atoms with Crippen LogP contribution in [-0.2, 0) is 27.7 Å². The Balaban J connectivity index is 1.11. The van der Waals surface area contributed by atoms with Gasteiger partial charge in [-0.05, 0) is 74.8 Å². The number of halogens is 5. The number of carbonyl (C=O) groups is 3. The standard InChI is InChI=1S/C44H51F5N8O5/c1-6-14-44(48,49)34-24-32(50-26-51-34)30-23-29(42(2,47)28-9-10-28)11-12-31(30)52-39(59)35-38(58)43(15-7-16-43)54(5)57(40(35)60)25-27-8-13-33(37(46)36(27)45)62-22-21-55-17-19-56(20-18-55)41(61)53(3)4/h6,8,11-13,23-24,26,28,58H,1,7,9-10,14-22,25H2,2-5H3,(H,52,59). The number of ether oxygens (including phenoxy) is 1. The minimum absolute atomic E-state index is 0.0198. The number of nitrogens with one attached hydrogen (secondary N) is 1. The molecule has 3 fully saturated rings. The predicted molar refractivity (Wildman–Crippen MR) is 219 cm³/mol. The Hall–Kier alpha value is -5.62. The zero-order chi connectivity index (χ0) is 44.7. The number of alkyl halides is 3. The first-order valence-corrected chi connectivity index (χ1v) is 20.6. The van der Waals surface area contributed by atoms with Gasteiger partial charge in [0.1, 0.15) is 35.6 Å². The summed E-state index contributed by atoms with van der Waals surface area (Å²) in [6.07, 6.45) is 3.88. The molecular formula is C44H51F5N8O5. The Kier molecular flexibility index (Phi) is 12.4. The number of nitrogens with zero attached hydrogens (tertiary/aromatic N) is 7. The molecule has 1 aromatic heterocycles. The molecule has 2 aliphatic heterocycles. The summed E-state index contributed by atoms with van der Waals surface area (Å²) in [6.45, 7) is 6.99. The highest BCUT2D eigenvalue weighted by Crippen LogP contribution is 2.50. The minimum Gasteiger partial charge on any atom is -0.509 e. The number of aliphatic hydroxyl groups is 1. The van der Waals surface area contributed by atoms with Crippen molar-refractivity contribution in [3.8, 4) is 17.0 Å². The fourth-order valence-corrected chi connectivity index (χ4v) is 8.34. The Morgan fingerprint density at radius 3 is 2.39 bits per heavy atom. The molecule has 1 spiro atoms. The topological polar surface area (TPSA) is 135 Å². The van der Waals surface area contributed by atoms with Gasteiger partial charge >= 0.3 is 6.03 Å². The first-order valence-electron chi connectivity index (χ1n) is 20.6. The van der Waals surface area contributed by atoms with Crippen LogP contribution in [0.4, 0.5) is 32.4 Å². The summed E-state index contributed by atoms with van der Waals surface area (Å²) in [6, 6.07) is 7.76. The molecule has 7 rings (SSSR count). The summed E-state index contributed by atoms with van der Waals surface area (Å²) in [5.74, 6) is -9.11. The van der Waals surface area contributed by atoms with Crippen LogP contribution >= 0.6 is 0 Å². The molecule has 2 N–H and O–H groups in total. The Labute approximate surface area is 356 Å². The number of anilines is 1. The van der Waals surface area contributed by atoms with Gasteiger partial charge in [0.05, 0.1) is 23.5 Å². The zero-order valence-electron chi connectivity index (χ0n) is 35.2. The Morgan fingerprint density at radius 1 is 1.05 bits per heavy atom. The summed E-state index contributed by atoms with van der Waals surface area (Å²) in [5.41, 5.74) is -4.29. The maximum absolute atomic E-state index is 16.1. The second-order valence-electron chi connectivity index (χ2n) is 16.8. The van der Waals surface area contributed by atoms with Crippen LogP contribution in [0.5, 0.6) is 5.75 Å². The number of benzene rings is 2. The molecule has 0 bridgehead atoms. The number of allylic oxidation sites excluding steroid dienone is 1. The van der Waals surface area contributed by atoms with Gasteiger partial charge in [-0.1, -0.05) is 18.2 Å². The second-order valence-corrected chi connectivity index (χ2v) is 16.8. The predicted octanol–water partition coefficient (Wildman–Crippen LogP) is 6.92. The maximum Gasteiger partial charge on any atom is 0.319 e. The zero-order valence-corrected chi connectivity index (χ0v) is 35.2. The van der Waals surface area contributed by atoms with E-state index in [4.69, 9.17) is 4.74 Å². The van der Waals surface area contributed by atoms with Crippen molar-refractivity contribution in [2.45, 2.75) is 69.1 Å². The summed E-state index contributed by atoms with van der Waals surface area (Å²) in [4.78, 5) is 54.0. The SMILES string of the molecule is C=CCC(F)(F)c1cc(-c2cc(C(C)(F)C3CC3)ccc2NC(=O)C2=C(O)C3(CCC3)N(C)N(Cc3ccc(OCCN4CCN(C(=O)N(C)C)CC4)c(F)c3F)C2=O)ncn1. The molecule has 3 heterocycles. The fourth-order valence-electron chi connectivity index (χ4n) is 8.34. The van der Waals surface area contributed by atoms with Gasteiger partial charge in [-0.2, -0.15) is 13.2 Å². The summed E-state index contributed by atoms with van der Waals surface area (Å²) < 4.78 is 83.0. The van der Waals surface area contributed by atoms with Crippen molar-refractivity contribution in [3.05, 3.63) is 95.2 Å². The van der Waals surface area contributed by atoms with E-state index in [1.54, 1.807) is 19.0 Å². The summed E-state index contributed by atoms with van der Waals surface area (Å²) in [5, 5.41) is 16.8. The fraction of sp³-hybridized carbons (Fsp3) is 0.477. The van der Waals surface area contributed by atoms with E-state index < -0.39 is 70.6 Å². The Morgan fingerprint density at radius 2 is 1.76 bits per heavy atom. The summed E-state index contributed by atoms with van der Waals surface area (Å²) in [7, 11) is 4.89. The van der Waals surface area contributed by atoms with Gasteiger partial charge < -0.3 is 25.0 Å². The number of aromatic nitrogens is 2. The van der Waals surface area contributed by atoms with E-state index in [1.807, 2.05) is 0 Å². The normalized spacial score (nSPS) is 19.3. The molecule has 1 unspecified atom stereocenters. The van der Waals surface area contributed by atoms with Gasteiger partial charge in [0, 0.05) is 71.4 Å². The van der Waals surface area contributed by atoms with Crippen molar-refractivity contribution < 1.29 is 46.2 Å². The quantitative estimate of drug-likeness (QED) is 0.101. The van der Waals surface area contributed by atoms with Crippen molar-refractivity contribution in [2.75, 3.05) is 65.8 Å². The average Bonchev–Trinajstić information content (AvgIpc) is 4.08. The largest absolute Gasteiger partial charge is 0.509 e. The smallest absolute Gasteiger partial charge is 0.319 e. The molecule has 13 nitrogen and oxygen atoms in total. The number of rotatable bonds is 14. The van der Waals surface area contributed by atoms with E-state index in [9.17, 15) is 19.5 Å². The molecule has 62 heavy (non-hydrogen) atoms. The number of hydrogen-bond donors (Lipinski definition) is 2. The molecule has 4 aliphatic rings. The van der Waals surface area contributed by atoms with E-state index in [0.29, 0.717) is 64.8 Å². The van der Waals surface area contributed by atoms with Crippen LogP contribution in [0.2, 0.25) is 0 Å². The van der Waals surface area contributed by atoms with Crippen LogP contribution in [0.15, 0.2) is 66.7 Å². The lowest BCUT2D eigenvalue weighted by Crippen LogP contribution is -2.65. The molecular weight excluding hydrogens is 816 g/mol. The lowest BCUT2D eigenvalue weighted by Gasteiger charge is -2.54. The first-order chi connectivity index (χ1) is 29.4. The number of aliphatic hydroxyl groups excluding tert-OH is 1. The maximum atomic E-state index is 16.1. The highest BCUT2D eigenvalue weighted by molar-refractivity contribution is 6.24. The molecule has 2 aliphatic carbocycles. The van der Waals surface area contributed by atoms with Gasteiger partial charge in [0.15, 0.2) is 11.6 Å². The number of hydrogen-bond acceptors (Lipinski definition) is 9. The van der Waals surface area contributed by atoms with Gasteiger partial charge in [-0.15, -0.1) is 6.58 Å². The molecule has 18 heteroatoms. The van der Waals surface area contributed by atoms with Crippen LogP contribution in [0.1, 0.15) is 62.3 Å². The number of likely N-dealkylation sites (N-methyl/N-ethyl adjacent to an activating group) is 1. The second kappa shape index (κ2) is 17.3. The van der Waals surface area contributed by atoms with Crippen molar-refractivity contribution in [3.63, 3.8) is 0 Å². The van der Waals surface area contributed by atoms with Crippen LogP contribution in [0.3, 0.4) is 0 Å². The van der Waals surface area contributed by atoms with Crippen molar-refractivity contribution in [1.82, 2.24) is 34.7 Å². The lowest BCUT2D eigenvalue weighted by atomic mass is 9.72. The van der Waals surface area contributed by atoms with E-state index in [2.05, 4.69) is 26.8 Å². The van der Waals surface area contributed by atoms with E-state index in [-0.39, 0.29) is 52.4 Å². The third-order valence-electron chi connectivity index (χ3n) is 12.5. The van der Waals surface area contributed by atoms with Crippen molar-refractivity contribution >= 4 is 23.5 Å². The van der Waals surface area contributed by atoms with Gasteiger partial charge in [-0.3, -0.25) is 19.5 Å². The number of piperazine rings is 1. The number of hydrazine groups is 1. The minimum atomic E-state index is -3.41. The third-order valence-corrected chi connectivity index (χ3v) is 12.5. The number of urea groups is 1. The van der Waals surface area contributed by atoms with Crippen LogP contribution < -0.4 is 10.1 Å². The molecule has 2 aromatic carbocycles. The van der Waals surface area contributed by atoms with Gasteiger partial charge in [0.25, 0.3) is 17.7 Å². The molecule has 332 valence electrons.